The molecule has 0 aliphatic carbocycles. The van der Waals surface area contributed by atoms with Gasteiger partial charge in [0.25, 0.3) is 5.91 Å². The number of rotatable bonds is 5. The second-order valence-electron chi connectivity index (χ2n) is 8.13. The highest BCUT2D eigenvalue weighted by molar-refractivity contribution is 7.10. The number of hydrogen-bond donors (Lipinski definition) is 1. The Labute approximate surface area is 186 Å². The molecule has 1 aromatic heterocycles. The van der Waals surface area contributed by atoms with Crippen LogP contribution in [0, 0.1) is 5.92 Å². The minimum Gasteiger partial charge on any atom is -0.371 e. The van der Waals surface area contributed by atoms with Crippen LogP contribution in [0.25, 0.3) is 0 Å². The van der Waals surface area contributed by atoms with Crippen molar-refractivity contribution in [2.24, 2.45) is 5.92 Å². The molecule has 2 saturated heterocycles. The first-order valence-electron chi connectivity index (χ1n) is 10.4. The highest BCUT2D eigenvalue weighted by Crippen LogP contribution is 2.44. The van der Waals surface area contributed by atoms with Gasteiger partial charge in [-0.3, -0.25) is 14.4 Å². The zero-order chi connectivity index (χ0) is 22.0. The number of benzene rings is 1. The van der Waals surface area contributed by atoms with Gasteiger partial charge in [-0.05, 0) is 36.4 Å². The quantitative estimate of drug-likeness (QED) is 0.773. The van der Waals surface area contributed by atoms with Crippen molar-refractivity contribution in [3.8, 4) is 0 Å². The average molecular weight is 442 g/mol. The van der Waals surface area contributed by atoms with Crippen LogP contribution in [0.15, 0.2) is 47.8 Å². The van der Waals surface area contributed by atoms with Crippen molar-refractivity contribution in [3.05, 3.63) is 52.7 Å². The molecule has 1 N–H and O–H groups in total. The molecule has 164 valence electrons. The maximum atomic E-state index is 13.3. The number of nitrogens with zero attached hydrogens (tertiary/aromatic N) is 2. The smallest absolute Gasteiger partial charge is 0.252 e. The fraction of sp³-hybridized carbons (Fsp3) is 0.435. The molecule has 2 fully saturated rings. The number of anilines is 1. The van der Waals surface area contributed by atoms with Gasteiger partial charge in [0.05, 0.1) is 17.9 Å². The van der Waals surface area contributed by atoms with Crippen molar-refractivity contribution in [1.82, 2.24) is 9.80 Å². The SMILES string of the molecule is CO[C@H]1C(=O)N(C)C2(CCN(C(=O)Cc3cccs3)CC2)[C@@H]1C(=O)Nc1ccccc1. The molecule has 3 amide bonds. The first-order chi connectivity index (χ1) is 15.0. The maximum Gasteiger partial charge on any atom is 0.252 e. The van der Waals surface area contributed by atoms with Gasteiger partial charge in [-0.2, -0.15) is 0 Å². The van der Waals surface area contributed by atoms with E-state index in [0.29, 0.717) is 38.0 Å². The number of hydrogen-bond acceptors (Lipinski definition) is 5. The van der Waals surface area contributed by atoms with Crippen LogP contribution in [0.1, 0.15) is 17.7 Å². The van der Waals surface area contributed by atoms with E-state index in [0.717, 1.165) is 4.88 Å². The molecule has 31 heavy (non-hydrogen) atoms. The number of carbonyl (C=O) groups excluding carboxylic acids is 3. The number of piperidine rings is 1. The minimum absolute atomic E-state index is 0.0813. The molecule has 8 heteroatoms. The summed E-state index contributed by atoms with van der Waals surface area (Å²) in [5.74, 6) is -0.981. The van der Waals surface area contributed by atoms with Gasteiger partial charge < -0.3 is 19.9 Å². The molecular formula is C23H27N3O4S. The Morgan fingerprint density at radius 1 is 1.16 bits per heavy atom. The highest BCUT2D eigenvalue weighted by atomic mass is 32.1. The Hall–Kier alpha value is -2.71. The predicted octanol–water partition coefficient (Wildman–Crippen LogP) is 2.39. The third-order valence-electron chi connectivity index (χ3n) is 6.59. The number of para-hydroxylation sites is 1. The fourth-order valence-corrected chi connectivity index (χ4v) is 5.56. The van der Waals surface area contributed by atoms with E-state index in [1.54, 1.807) is 23.3 Å². The normalized spacial score (nSPS) is 22.7. The van der Waals surface area contributed by atoms with Gasteiger partial charge in [0.15, 0.2) is 0 Å². The molecule has 0 bridgehead atoms. The van der Waals surface area contributed by atoms with Crippen LogP contribution in [0.3, 0.4) is 0 Å². The van der Waals surface area contributed by atoms with Crippen molar-refractivity contribution in [3.63, 3.8) is 0 Å². The molecule has 0 saturated carbocycles. The van der Waals surface area contributed by atoms with Crippen molar-refractivity contribution < 1.29 is 19.1 Å². The predicted molar refractivity (Wildman–Crippen MR) is 119 cm³/mol. The third-order valence-corrected chi connectivity index (χ3v) is 7.47. The molecule has 2 aromatic rings. The number of amides is 3. The Bertz CT molecular complexity index is 939. The molecular weight excluding hydrogens is 414 g/mol. The van der Waals surface area contributed by atoms with E-state index in [1.807, 2.05) is 52.7 Å². The van der Waals surface area contributed by atoms with E-state index in [4.69, 9.17) is 4.74 Å². The molecule has 1 spiro atoms. The zero-order valence-electron chi connectivity index (χ0n) is 17.7. The fourth-order valence-electron chi connectivity index (χ4n) is 4.87. The van der Waals surface area contributed by atoms with Crippen molar-refractivity contribution >= 4 is 34.7 Å². The molecule has 2 atom stereocenters. The van der Waals surface area contributed by atoms with Gasteiger partial charge in [-0.15, -0.1) is 11.3 Å². The van der Waals surface area contributed by atoms with Gasteiger partial charge in [-0.25, -0.2) is 0 Å². The van der Waals surface area contributed by atoms with Crippen LogP contribution in [-0.2, 0) is 25.5 Å². The average Bonchev–Trinajstić information content (AvgIpc) is 3.36. The number of likely N-dealkylation sites (N-methyl/N-ethyl adjacent to an activating group) is 1. The van der Waals surface area contributed by atoms with Gasteiger partial charge in [0, 0.05) is 37.8 Å². The number of nitrogens with one attached hydrogen (secondary N) is 1. The van der Waals surface area contributed by atoms with Crippen LogP contribution in [0.5, 0.6) is 0 Å². The van der Waals surface area contributed by atoms with E-state index in [2.05, 4.69) is 5.32 Å². The highest BCUT2D eigenvalue weighted by Gasteiger charge is 2.61. The summed E-state index contributed by atoms with van der Waals surface area (Å²) in [6, 6.07) is 13.1. The summed E-state index contributed by atoms with van der Waals surface area (Å²) in [5.41, 5.74) is 0.0131. The number of thiophene rings is 1. The first-order valence-corrected chi connectivity index (χ1v) is 11.3. The Balaban J connectivity index is 1.52. The Morgan fingerprint density at radius 3 is 2.48 bits per heavy atom. The van der Waals surface area contributed by atoms with Gasteiger partial charge in [0.2, 0.25) is 11.8 Å². The zero-order valence-corrected chi connectivity index (χ0v) is 18.6. The van der Waals surface area contributed by atoms with Gasteiger partial charge >= 0.3 is 0 Å². The molecule has 2 aliphatic rings. The maximum absolute atomic E-state index is 13.3. The van der Waals surface area contributed by atoms with E-state index in [9.17, 15) is 14.4 Å². The minimum atomic E-state index is -0.831. The molecule has 3 heterocycles. The molecule has 7 nitrogen and oxygen atoms in total. The number of methoxy groups -OCH3 is 1. The lowest BCUT2D eigenvalue weighted by Crippen LogP contribution is -2.58. The summed E-state index contributed by atoms with van der Waals surface area (Å²) in [6.07, 6.45) is 0.635. The molecule has 0 radical (unpaired) electrons. The van der Waals surface area contributed by atoms with Crippen molar-refractivity contribution in [2.45, 2.75) is 30.9 Å². The number of ether oxygens (including phenoxy) is 1. The summed E-state index contributed by atoms with van der Waals surface area (Å²) in [7, 11) is 3.21. The molecule has 0 unspecified atom stereocenters. The number of likely N-dealkylation sites (tertiary alicyclic amines) is 2. The van der Waals surface area contributed by atoms with Crippen LogP contribution in [0.2, 0.25) is 0 Å². The lowest BCUT2D eigenvalue weighted by Gasteiger charge is -2.46. The summed E-state index contributed by atoms with van der Waals surface area (Å²) in [4.78, 5) is 43.6. The van der Waals surface area contributed by atoms with Crippen LogP contribution < -0.4 is 5.32 Å². The lowest BCUT2D eigenvalue weighted by molar-refractivity contribution is -0.138. The summed E-state index contributed by atoms with van der Waals surface area (Å²) < 4.78 is 5.51. The van der Waals surface area contributed by atoms with Crippen LogP contribution >= 0.6 is 11.3 Å². The second-order valence-corrected chi connectivity index (χ2v) is 9.16. The molecule has 2 aliphatic heterocycles. The number of carbonyl (C=O) groups is 3. The van der Waals surface area contributed by atoms with Crippen molar-refractivity contribution in [1.29, 1.82) is 0 Å². The third kappa shape index (κ3) is 3.97. The summed E-state index contributed by atoms with van der Waals surface area (Å²) in [6.45, 7) is 1.01. The van der Waals surface area contributed by atoms with E-state index >= 15 is 0 Å². The monoisotopic (exact) mass is 441 g/mol. The van der Waals surface area contributed by atoms with E-state index < -0.39 is 17.6 Å². The van der Waals surface area contributed by atoms with Gasteiger partial charge in [-0.1, -0.05) is 24.3 Å². The van der Waals surface area contributed by atoms with Crippen LogP contribution in [0.4, 0.5) is 5.69 Å². The van der Waals surface area contributed by atoms with Gasteiger partial charge in [0.1, 0.15) is 6.10 Å². The Kier molecular flexibility index (Phi) is 6.11. The largest absolute Gasteiger partial charge is 0.371 e. The topological polar surface area (TPSA) is 79.0 Å². The molecule has 1 aromatic carbocycles. The first kappa shape index (κ1) is 21.5. The van der Waals surface area contributed by atoms with E-state index in [1.165, 1.54) is 7.11 Å². The Morgan fingerprint density at radius 2 is 1.87 bits per heavy atom. The van der Waals surface area contributed by atoms with E-state index in [-0.39, 0.29) is 17.7 Å². The molecule has 4 rings (SSSR count). The standard InChI is InChI=1S/C23H27N3O4S/c1-25-22(29)20(30-2)19(21(28)24-16-7-4-3-5-8-16)23(25)10-12-26(13-11-23)18(27)15-17-9-6-14-31-17/h3-9,14,19-20H,10-13,15H2,1-2H3,(H,24,28)/t19-,20+/m0/s1. The summed E-state index contributed by atoms with van der Waals surface area (Å²) in [5, 5.41) is 4.91. The van der Waals surface area contributed by atoms with Crippen molar-refractivity contribution in [2.75, 3.05) is 32.6 Å². The lowest BCUT2D eigenvalue weighted by atomic mass is 9.75. The summed E-state index contributed by atoms with van der Waals surface area (Å²) >= 11 is 1.57. The second kappa shape index (κ2) is 8.80. The van der Waals surface area contributed by atoms with Crippen LogP contribution in [-0.4, -0.2) is 66.4 Å².